The van der Waals surface area contributed by atoms with Crippen molar-refractivity contribution < 1.29 is 13.9 Å². The molecule has 0 radical (unpaired) electrons. The summed E-state index contributed by atoms with van der Waals surface area (Å²) in [6.07, 6.45) is 8.04. The van der Waals surface area contributed by atoms with Gasteiger partial charge in [0, 0.05) is 12.1 Å². The second-order valence-electron chi connectivity index (χ2n) is 11.3. The molecule has 0 bridgehead atoms. The molecule has 1 fully saturated rings. The quantitative estimate of drug-likeness (QED) is 0.248. The van der Waals surface area contributed by atoms with Crippen molar-refractivity contribution in [2.45, 2.75) is 45.2 Å². The predicted octanol–water partition coefficient (Wildman–Crippen LogP) is 7.01. The van der Waals surface area contributed by atoms with Gasteiger partial charge in [0.05, 0.1) is 30.7 Å². The second kappa shape index (κ2) is 11.2. The van der Waals surface area contributed by atoms with E-state index in [-0.39, 0.29) is 23.3 Å². The number of nitrogens with zero attached hydrogens (tertiary/aromatic N) is 2. The fourth-order valence-electron chi connectivity index (χ4n) is 6.58. The minimum Gasteiger partial charge on any atom is -0.496 e. The number of para-hydroxylation sites is 1. The molecule has 3 unspecified atom stereocenters. The van der Waals surface area contributed by atoms with Gasteiger partial charge in [0.2, 0.25) is 0 Å². The summed E-state index contributed by atoms with van der Waals surface area (Å²) in [4.78, 5) is 13.1. The fourth-order valence-corrected chi connectivity index (χ4v) is 6.58. The van der Waals surface area contributed by atoms with Crippen LogP contribution < -0.4 is 15.4 Å². The lowest BCUT2D eigenvalue weighted by Crippen LogP contribution is -2.39. The highest BCUT2D eigenvalue weighted by molar-refractivity contribution is 5.74. The van der Waals surface area contributed by atoms with Crippen LogP contribution in [0, 0.1) is 17.2 Å². The Morgan fingerprint density at radius 3 is 2.63 bits per heavy atom. The number of hydrogen-bond acceptors (Lipinski definition) is 3. The number of rotatable bonds is 8. The molecule has 2 aliphatic carbocycles. The van der Waals surface area contributed by atoms with Gasteiger partial charge in [0.1, 0.15) is 11.6 Å². The molecule has 6 nitrogen and oxygen atoms in total. The van der Waals surface area contributed by atoms with Crippen LogP contribution in [0.15, 0.2) is 90.6 Å². The van der Waals surface area contributed by atoms with Crippen molar-refractivity contribution in [3.8, 4) is 11.4 Å². The summed E-state index contributed by atoms with van der Waals surface area (Å²) in [6.45, 7) is 2.74. The summed E-state index contributed by atoms with van der Waals surface area (Å²) < 4.78 is 20.9. The number of amides is 2. The van der Waals surface area contributed by atoms with Crippen LogP contribution in [-0.4, -0.2) is 22.9 Å². The third-order valence-corrected chi connectivity index (χ3v) is 8.88. The molecule has 2 amide bonds. The van der Waals surface area contributed by atoms with Crippen LogP contribution in [0.2, 0.25) is 0 Å². The van der Waals surface area contributed by atoms with E-state index in [0.717, 1.165) is 53.9 Å². The van der Waals surface area contributed by atoms with Crippen LogP contribution in [-0.2, 0) is 13.0 Å². The third-order valence-electron chi connectivity index (χ3n) is 8.88. The van der Waals surface area contributed by atoms with Gasteiger partial charge in [0.15, 0.2) is 0 Å². The summed E-state index contributed by atoms with van der Waals surface area (Å²) in [5.41, 5.74) is 6.57. The van der Waals surface area contributed by atoms with Gasteiger partial charge in [-0.3, -0.25) is 0 Å². The van der Waals surface area contributed by atoms with E-state index in [0.29, 0.717) is 12.5 Å². The Morgan fingerprint density at radius 2 is 1.85 bits per heavy atom. The van der Waals surface area contributed by atoms with Crippen LogP contribution in [0.4, 0.5) is 9.18 Å². The summed E-state index contributed by atoms with van der Waals surface area (Å²) >= 11 is 0. The average Bonchev–Trinajstić information content (AvgIpc) is 3.54. The molecule has 1 aromatic heterocycles. The van der Waals surface area contributed by atoms with Crippen molar-refractivity contribution in [2.24, 2.45) is 11.3 Å². The number of methoxy groups -OCH3 is 1. The number of carbonyl (C=O) groups is 1. The Kier molecular flexibility index (Phi) is 7.35. The van der Waals surface area contributed by atoms with Crippen molar-refractivity contribution in [1.82, 2.24) is 20.4 Å². The SMILES string of the molecule is COc1ccccc1CNC(=O)NC(CC1CCC2=Cc3c(cnn3-c3ccc(F)cc3)CC21C)c1ccccc1. The molecule has 1 heterocycles. The van der Waals surface area contributed by atoms with Crippen LogP contribution >= 0.6 is 0 Å². The molecule has 41 heavy (non-hydrogen) atoms. The molecule has 0 aliphatic heterocycles. The number of nitrogens with one attached hydrogen (secondary N) is 2. The molecule has 2 aliphatic rings. The zero-order chi connectivity index (χ0) is 28.4. The second-order valence-corrected chi connectivity index (χ2v) is 11.3. The van der Waals surface area contributed by atoms with Crippen molar-refractivity contribution in [2.75, 3.05) is 7.11 Å². The molecule has 2 N–H and O–H groups in total. The minimum atomic E-state index is -0.255. The zero-order valence-corrected chi connectivity index (χ0v) is 23.4. The Labute approximate surface area is 240 Å². The van der Waals surface area contributed by atoms with Gasteiger partial charge < -0.3 is 15.4 Å². The first-order valence-corrected chi connectivity index (χ1v) is 14.2. The van der Waals surface area contributed by atoms with Gasteiger partial charge in [-0.05, 0) is 84.6 Å². The van der Waals surface area contributed by atoms with E-state index in [1.807, 2.05) is 53.3 Å². The minimum absolute atomic E-state index is 0.0216. The molecule has 210 valence electrons. The van der Waals surface area contributed by atoms with Gasteiger partial charge in [-0.15, -0.1) is 0 Å². The number of halogens is 1. The topological polar surface area (TPSA) is 68.2 Å². The van der Waals surface area contributed by atoms with Gasteiger partial charge >= 0.3 is 6.03 Å². The van der Waals surface area contributed by atoms with Crippen molar-refractivity contribution in [3.63, 3.8) is 0 Å². The van der Waals surface area contributed by atoms with E-state index in [1.54, 1.807) is 19.2 Å². The summed E-state index contributed by atoms with van der Waals surface area (Å²) in [7, 11) is 1.64. The Balaban J connectivity index is 1.20. The van der Waals surface area contributed by atoms with Crippen molar-refractivity contribution >= 4 is 12.1 Å². The van der Waals surface area contributed by atoms with Gasteiger partial charge in [-0.25, -0.2) is 13.9 Å². The van der Waals surface area contributed by atoms with Gasteiger partial charge in [0.25, 0.3) is 0 Å². The first-order valence-electron chi connectivity index (χ1n) is 14.2. The summed E-state index contributed by atoms with van der Waals surface area (Å²) in [5, 5.41) is 11.0. The van der Waals surface area contributed by atoms with E-state index in [4.69, 9.17) is 4.74 Å². The molecule has 0 spiro atoms. The zero-order valence-electron chi connectivity index (χ0n) is 23.4. The third kappa shape index (κ3) is 5.36. The standard InChI is InChI=1S/C34H35FN4O2/c1-34-20-25-22-37-39(29-16-14-28(35)15-17-29)31(25)19-27(34)13-12-26(34)18-30(23-8-4-3-5-9-23)38-33(40)36-21-24-10-6-7-11-32(24)41-2/h3-11,14-17,19,22,26,30H,12-13,18,20-21H2,1-2H3,(H2,36,38,40). The first kappa shape index (κ1) is 26.8. The van der Waals surface area contributed by atoms with E-state index < -0.39 is 0 Å². The molecule has 6 rings (SSSR count). The maximum Gasteiger partial charge on any atom is 0.315 e. The molecular formula is C34H35FN4O2. The number of carbonyl (C=O) groups excluding carboxylic acids is 1. The Hall–Kier alpha value is -4.39. The summed E-state index contributed by atoms with van der Waals surface area (Å²) in [5.74, 6) is 0.884. The number of hydrogen-bond donors (Lipinski definition) is 2. The number of fused-ring (bicyclic) bond motifs is 2. The molecular weight excluding hydrogens is 515 g/mol. The largest absolute Gasteiger partial charge is 0.496 e. The van der Waals surface area contributed by atoms with E-state index in [9.17, 15) is 9.18 Å². The van der Waals surface area contributed by atoms with E-state index in [1.165, 1.54) is 23.3 Å². The molecule has 3 atom stereocenters. The molecule has 4 aromatic rings. The normalized spacial score (nSPS) is 20.0. The summed E-state index contributed by atoms with van der Waals surface area (Å²) in [6, 6.07) is 24.1. The van der Waals surface area contributed by atoms with Crippen LogP contribution in [0.1, 0.15) is 54.6 Å². The molecule has 3 aromatic carbocycles. The lowest BCUT2D eigenvalue weighted by molar-refractivity contribution is 0.215. The monoisotopic (exact) mass is 550 g/mol. The molecule has 7 heteroatoms. The number of aromatic nitrogens is 2. The lowest BCUT2D eigenvalue weighted by Gasteiger charge is -2.37. The highest BCUT2D eigenvalue weighted by Crippen LogP contribution is 2.55. The average molecular weight is 551 g/mol. The lowest BCUT2D eigenvalue weighted by atomic mass is 9.68. The van der Waals surface area contributed by atoms with Crippen LogP contribution in [0.3, 0.4) is 0 Å². The Morgan fingerprint density at radius 1 is 1.10 bits per heavy atom. The van der Waals surface area contributed by atoms with Crippen LogP contribution in [0.5, 0.6) is 5.75 Å². The highest BCUT2D eigenvalue weighted by atomic mass is 19.1. The van der Waals surface area contributed by atoms with Crippen LogP contribution in [0.25, 0.3) is 11.8 Å². The predicted molar refractivity (Wildman–Crippen MR) is 158 cm³/mol. The maximum absolute atomic E-state index is 13.5. The highest BCUT2D eigenvalue weighted by Gasteiger charge is 2.46. The van der Waals surface area contributed by atoms with E-state index >= 15 is 0 Å². The fraction of sp³-hybridized carbons (Fsp3) is 0.294. The maximum atomic E-state index is 13.5. The van der Waals surface area contributed by atoms with Gasteiger partial charge in [-0.2, -0.15) is 5.10 Å². The van der Waals surface area contributed by atoms with Crippen molar-refractivity contribution in [3.05, 3.63) is 119 Å². The van der Waals surface area contributed by atoms with Gasteiger partial charge in [-0.1, -0.05) is 61.0 Å². The molecule has 0 saturated heterocycles. The smallest absolute Gasteiger partial charge is 0.315 e. The molecule has 1 saturated carbocycles. The van der Waals surface area contributed by atoms with Crippen molar-refractivity contribution in [1.29, 1.82) is 0 Å². The number of ether oxygens (including phenoxy) is 1. The number of urea groups is 1. The Bertz CT molecular complexity index is 1560. The number of benzene rings is 3. The number of allylic oxidation sites excluding steroid dienone is 1. The first-order chi connectivity index (χ1) is 19.9. The van der Waals surface area contributed by atoms with E-state index in [2.05, 4.69) is 40.9 Å².